The maximum atomic E-state index is 13.0. The summed E-state index contributed by atoms with van der Waals surface area (Å²) in [5.74, 6) is 0.447. The van der Waals surface area contributed by atoms with Crippen molar-refractivity contribution in [3.05, 3.63) is 29.3 Å². The zero-order chi connectivity index (χ0) is 18.9. The molecule has 0 aromatic heterocycles. The number of nitrogens with two attached hydrogens (primary N) is 1. The van der Waals surface area contributed by atoms with Crippen LogP contribution in [0, 0.1) is 25.7 Å². The van der Waals surface area contributed by atoms with E-state index in [1.807, 2.05) is 30.9 Å². The Balaban J connectivity index is 1.68. The van der Waals surface area contributed by atoms with E-state index >= 15 is 0 Å². The Bertz CT molecular complexity index is 770. The molecule has 1 aliphatic carbocycles. The second-order valence-corrected chi connectivity index (χ2v) is 9.44. The predicted molar refractivity (Wildman–Crippen MR) is 101 cm³/mol. The third-order valence-electron chi connectivity index (χ3n) is 5.79. The number of benzene rings is 1. The second-order valence-electron chi connectivity index (χ2n) is 7.53. The van der Waals surface area contributed by atoms with Crippen LogP contribution < -0.4 is 5.73 Å². The van der Waals surface area contributed by atoms with E-state index in [9.17, 15) is 13.2 Å². The van der Waals surface area contributed by atoms with Crippen molar-refractivity contribution in [3.63, 3.8) is 0 Å². The number of hydrogen-bond donors (Lipinski definition) is 1. The van der Waals surface area contributed by atoms with Crippen LogP contribution in [0.15, 0.2) is 23.1 Å². The van der Waals surface area contributed by atoms with E-state index in [0.717, 1.165) is 30.4 Å². The molecule has 144 valence electrons. The molecule has 2 atom stereocenters. The van der Waals surface area contributed by atoms with Crippen LogP contribution in [0.2, 0.25) is 0 Å². The second kappa shape index (κ2) is 7.66. The van der Waals surface area contributed by atoms with Gasteiger partial charge in [0.1, 0.15) is 0 Å². The number of amides is 1. The standard InChI is InChI=1S/C19H29N3O3S/c1-14-6-7-15(2)18(12-14)26(24,25)22-10-8-21(9-11-22)19(23)17-5-3-4-16(17)13-20/h6-7,12,16-17H,3-5,8-11,13,20H2,1-2H3/t16-,17-/m1/s1. The summed E-state index contributed by atoms with van der Waals surface area (Å²) in [7, 11) is -3.52. The fourth-order valence-electron chi connectivity index (χ4n) is 4.15. The molecule has 26 heavy (non-hydrogen) atoms. The number of sulfonamides is 1. The molecule has 0 bridgehead atoms. The first kappa shape index (κ1) is 19.3. The van der Waals surface area contributed by atoms with E-state index in [1.165, 1.54) is 4.31 Å². The highest BCUT2D eigenvalue weighted by atomic mass is 32.2. The summed E-state index contributed by atoms with van der Waals surface area (Å²) in [6.45, 7) is 5.87. The zero-order valence-electron chi connectivity index (χ0n) is 15.6. The van der Waals surface area contributed by atoms with Crippen LogP contribution in [0.1, 0.15) is 30.4 Å². The molecule has 1 aromatic carbocycles. The van der Waals surface area contributed by atoms with E-state index in [-0.39, 0.29) is 17.7 Å². The van der Waals surface area contributed by atoms with Crippen LogP contribution in [-0.2, 0) is 14.8 Å². The van der Waals surface area contributed by atoms with E-state index in [0.29, 0.717) is 37.6 Å². The Hall–Kier alpha value is -1.44. The Morgan fingerprint density at radius 2 is 1.85 bits per heavy atom. The van der Waals surface area contributed by atoms with Crippen LogP contribution >= 0.6 is 0 Å². The van der Waals surface area contributed by atoms with E-state index in [1.54, 1.807) is 6.07 Å². The van der Waals surface area contributed by atoms with Crippen molar-refractivity contribution in [1.82, 2.24) is 9.21 Å². The minimum atomic E-state index is -3.52. The first-order chi connectivity index (χ1) is 12.3. The van der Waals surface area contributed by atoms with Gasteiger partial charge in [-0.1, -0.05) is 18.6 Å². The summed E-state index contributed by atoms with van der Waals surface area (Å²) >= 11 is 0. The van der Waals surface area contributed by atoms with Crippen LogP contribution in [0.4, 0.5) is 0 Å². The van der Waals surface area contributed by atoms with Crippen LogP contribution in [0.5, 0.6) is 0 Å². The fraction of sp³-hybridized carbons (Fsp3) is 0.632. The topological polar surface area (TPSA) is 83.7 Å². The van der Waals surface area contributed by atoms with Gasteiger partial charge in [-0.25, -0.2) is 8.42 Å². The number of hydrogen-bond acceptors (Lipinski definition) is 4. The maximum Gasteiger partial charge on any atom is 0.243 e. The molecule has 6 nitrogen and oxygen atoms in total. The molecule has 3 rings (SSSR count). The molecule has 7 heteroatoms. The third-order valence-corrected chi connectivity index (χ3v) is 7.83. The van der Waals surface area contributed by atoms with Crippen LogP contribution in [0.3, 0.4) is 0 Å². The number of rotatable bonds is 4. The maximum absolute atomic E-state index is 13.0. The van der Waals surface area contributed by atoms with E-state index in [4.69, 9.17) is 5.73 Å². The van der Waals surface area contributed by atoms with Gasteiger partial charge < -0.3 is 10.6 Å². The number of piperazine rings is 1. The van der Waals surface area contributed by atoms with Crippen molar-refractivity contribution in [2.24, 2.45) is 17.6 Å². The number of carbonyl (C=O) groups excluding carboxylic acids is 1. The minimum Gasteiger partial charge on any atom is -0.340 e. The summed E-state index contributed by atoms with van der Waals surface area (Å²) in [6.07, 6.45) is 2.98. The third kappa shape index (κ3) is 3.66. The highest BCUT2D eigenvalue weighted by molar-refractivity contribution is 7.89. The fourth-order valence-corrected chi connectivity index (χ4v) is 5.88. The molecule has 1 saturated heterocycles. The van der Waals surface area contributed by atoms with Crippen molar-refractivity contribution < 1.29 is 13.2 Å². The minimum absolute atomic E-state index is 0.0159. The van der Waals surface area contributed by atoms with Crippen molar-refractivity contribution in [3.8, 4) is 0 Å². The van der Waals surface area contributed by atoms with Gasteiger partial charge in [0, 0.05) is 32.1 Å². The Kier molecular flexibility index (Phi) is 5.69. The molecule has 1 heterocycles. The lowest BCUT2D eigenvalue weighted by atomic mass is 9.94. The van der Waals surface area contributed by atoms with Crippen molar-refractivity contribution in [1.29, 1.82) is 0 Å². The summed E-state index contributed by atoms with van der Waals surface area (Å²) < 4.78 is 27.5. The van der Waals surface area contributed by atoms with Gasteiger partial charge in [0.2, 0.25) is 15.9 Å². The van der Waals surface area contributed by atoms with Gasteiger partial charge in [0.15, 0.2) is 0 Å². The largest absolute Gasteiger partial charge is 0.340 e. The molecule has 1 aromatic rings. The first-order valence-electron chi connectivity index (χ1n) is 9.41. The Morgan fingerprint density at radius 1 is 1.15 bits per heavy atom. The van der Waals surface area contributed by atoms with Gasteiger partial charge in [0.05, 0.1) is 4.90 Å². The SMILES string of the molecule is Cc1ccc(C)c(S(=O)(=O)N2CCN(C(=O)[C@@H]3CCC[C@@H]3CN)CC2)c1. The highest BCUT2D eigenvalue weighted by Gasteiger charge is 2.37. The van der Waals surface area contributed by atoms with E-state index in [2.05, 4.69) is 0 Å². The highest BCUT2D eigenvalue weighted by Crippen LogP contribution is 2.33. The smallest absolute Gasteiger partial charge is 0.243 e. The summed E-state index contributed by atoms with van der Waals surface area (Å²) in [6, 6.07) is 5.49. The molecule has 0 radical (unpaired) electrons. The van der Waals surface area contributed by atoms with Crippen LogP contribution in [-0.4, -0.2) is 56.3 Å². The monoisotopic (exact) mass is 379 g/mol. The van der Waals surface area contributed by atoms with Gasteiger partial charge in [-0.15, -0.1) is 0 Å². The lowest BCUT2D eigenvalue weighted by molar-refractivity contribution is -0.137. The summed E-state index contributed by atoms with van der Waals surface area (Å²) in [5, 5.41) is 0. The molecule has 0 unspecified atom stereocenters. The molecular formula is C19H29N3O3S. The molecule has 1 aliphatic heterocycles. The number of nitrogens with zero attached hydrogens (tertiary/aromatic N) is 2. The zero-order valence-corrected chi connectivity index (χ0v) is 16.5. The predicted octanol–water partition coefficient (Wildman–Crippen LogP) is 1.51. The average molecular weight is 380 g/mol. The molecule has 2 aliphatic rings. The Morgan fingerprint density at radius 3 is 2.50 bits per heavy atom. The number of aryl methyl sites for hydroxylation is 2. The van der Waals surface area contributed by atoms with Crippen molar-refractivity contribution in [2.45, 2.75) is 38.0 Å². The van der Waals surface area contributed by atoms with Gasteiger partial charge in [-0.3, -0.25) is 4.79 Å². The van der Waals surface area contributed by atoms with Gasteiger partial charge in [0.25, 0.3) is 0 Å². The normalized spacial score (nSPS) is 24.8. The van der Waals surface area contributed by atoms with Crippen molar-refractivity contribution >= 4 is 15.9 Å². The lowest BCUT2D eigenvalue weighted by Gasteiger charge is -2.36. The summed E-state index contributed by atoms with van der Waals surface area (Å²) in [4.78, 5) is 15.0. The lowest BCUT2D eigenvalue weighted by Crippen LogP contribution is -2.52. The molecular weight excluding hydrogens is 350 g/mol. The van der Waals surface area contributed by atoms with Crippen LogP contribution in [0.25, 0.3) is 0 Å². The van der Waals surface area contributed by atoms with E-state index < -0.39 is 10.0 Å². The molecule has 0 spiro atoms. The Labute approximate surface area is 156 Å². The molecule has 2 fully saturated rings. The molecule has 2 N–H and O–H groups in total. The average Bonchev–Trinajstić information content (AvgIpc) is 3.12. The van der Waals surface area contributed by atoms with Gasteiger partial charge in [-0.05, 0) is 56.3 Å². The molecule has 1 saturated carbocycles. The van der Waals surface area contributed by atoms with Gasteiger partial charge in [-0.2, -0.15) is 4.31 Å². The van der Waals surface area contributed by atoms with Gasteiger partial charge >= 0.3 is 0 Å². The quantitative estimate of drug-likeness (QED) is 0.859. The van der Waals surface area contributed by atoms with Crippen molar-refractivity contribution in [2.75, 3.05) is 32.7 Å². The first-order valence-corrected chi connectivity index (χ1v) is 10.8. The number of carbonyl (C=O) groups is 1. The molecule has 1 amide bonds. The summed E-state index contributed by atoms with van der Waals surface area (Å²) in [5.41, 5.74) is 7.49.